The van der Waals surface area contributed by atoms with Crippen molar-refractivity contribution in [3.05, 3.63) is 29.8 Å². The fourth-order valence-electron chi connectivity index (χ4n) is 2.79. The number of β-lactam (4-membered cyclic amide) rings is 1. The molecule has 1 aromatic carbocycles. The maximum atomic E-state index is 12.1. The number of amides is 2. The standard InChI is InChI=1S/C15H20N2O3/c1-4-15(5-2)13(19)17(3)14(15)20-11-8-6-10(7-9-11)12(16)18/h6-9,14H,4-5H2,1-3H3,(H2,16,18). The van der Waals surface area contributed by atoms with Crippen molar-refractivity contribution in [2.75, 3.05) is 7.05 Å². The molecule has 20 heavy (non-hydrogen) atoms. The van der Waals surface area contributed by atoms with Crippen molar-refractivity contribution in [1.82, 2.24) is 4.90 Å². The Morgan fingerprint density at radius 3 is 2.30 bits per heavy atom. The van der Waals surface area contributed by atoms with E-state index in [4.69, 9.17) is 10.5 Å². The Kier molecular flexibility index (Phi) is 3.70. The van der Waals surface area contributed by atoms with Crippen LogP contribution in [-0.2, 0) is 4.79 Å². The molecule has 0 aromatic heterocycles. The molecule has 0 radical (unpaired) electrons. The fraction of sp³-hybridized carbons (Fsp3) is 0.467. The second-order valence-corrected chi connectivity index (χ2v) is 5.14. The predicted octanol–water partition coefficient (Wildman–Crippen LogP) is 1.77. The summed E-state index contributed by atoms with van der Waals surface area (Å²) < 4.78 is 5.92. The van der Waals surface area contributed by atoms with E-state index in [1.165, 1.54) is 0 Å². The molecule has 108 valence electrons. The Labute approximate surface area is 118 Å². The van der Waals surface area contributed by atoms with Crippen LogP contribution in [0.2, 0.25) is 0 Å². The Morgan fingerprint density at radius 1 is 1.30 bits per heavy atom. The number of ether oxygens (including phenoxy) is 1. The first-order chi connectivity index (χ1) is 9.46. The molecule has 0 spiro atoms. The lowest BCUT2D eigenvalue weighted by Crippen LogP contribution is -2.69. The van der Waals surface area contributed by atoms with Crippen LogP contribution in [0.25, 0.3) is 0 Å². The summed E-state index contributed by atoms with van der Waals surface area (Å²) in [5.74, 6) is 0.288. The summed E-state index contributed by atoms with van der Waals surface area (Å²) in [6.45, 7) is 4.00. The zero-order valence-corrected chi connectivity index (χ0v) is 12.1. The number of carbonyl (C=O) groups is 2. The second kappa shape index (κ2) is 5.15. The molecule has 2 N–H and O–H groups in total. The van der Waals surface area contributed by atoms with Crippen molar-refractivity contribution in [3.8, 4) is 5.75 Å². The Morgan fingerprint density at radius 2 is 1.85 bits per heavy atom. The van der Waals surface area contributed by atoms with Crippen LogP contribution in [0.3, 0.4) is 0 Å². The molecular weight excluding hydrogens is 256 g/mol. The topological polar surface area (TPSA) is 72.6 Å². The van der Waals surface area contributed by atoms with Gasteiger partial charge in [-0.1, -0.05) is 13.8 Å². The van der Waals surface area contributed by atoms with Gasteiger partial charge in [0.15, 0.2) is 6.23 Å². The third kappa shape index (κ3) is 2.03. The van der Waals surface area contributed by atoms with E-state index in [9.17, 15) is 9.59 Å². The van der Waals surface area contributed by atoms with E-state index in [1.54, 1.807) is 36.2 Å². The van der Waals surface area contributed by atoms with Gasteiger partial charge in [-0.2, -0.15) is 0 Å². The van der Waals surface area contributed by atoms with Crippen LogP contribution in [0.1, 0.15) is 37.0 Å². The number of nitrogens with two attached hydrogens (primary N) is 1. The van der Waals surface area contributed by atoms with Crippen molar-refractivity contribution in [2.45, 2.75) is 32.9 Å². The van der Waals surface area contributed by atoms with Gasteiger partial charge < -0.3 is 15.4 Å². The van der Waals surface area contributed by atoms with Crippen molar-refractivity contribution in [1.29, 1.82) is 0 Å². The molecule has 1 fully saturated rings. The van der Waals surface area contributed by atoms with E-state index in [2.05, 4.69) is 0 Å². The minimum atomic E-state index is -0.469. The highest BCUT2D eigenvalue weighted by Gasteiger charge is 2.58. The number of likely N-dealkylation sites (tertiary alicyclic amines) is 1. The molecular formula is C15H20N2O3. The molecule has 0 bridgehead atoms. The summed E-state index contributed by atoms with van der Waals surface area (Å²) in [5, 5.41) is 0. The Balaban J connectivity index is 2.16. The highest BCUT2D eigenvalue weighted by Crippen LogP contribution is 2.44. The normalized spacial score (nSPS) is 20.4. The Bertz CT molecular complexity index is 520. The molecule has 1 saturated heterocycles. The number of hydrogen-bond acceptors (Lipinski definition) is 3. The number of hydrogen-bond donors (Lipinski definition) is 1. The summed E-state index contributed by atoms with van der Waals surface area (Å²) in [4.78, 5) is 24.7. The van der Waals surface area contributed by atoms with Crippen molar-refractivity contribution in [2.24, 2.45) is 11.1 Å². The molecule has 1 atom stereocenters. The largest absolute Gasteiger partial charge is 0.469 e. The highest BCUT2D eigenvalue weighted by molar-refractivity contribution is 5.92. The van der Waals surface area contributed by atoms with E-state index in [0.717, 1.165) is 12.8 Å². The third-order valence-electron chi connectivity index (χ3n) is 4.22. The van der Waals surface area contributed by atoms with Gasteiger partial charge in [-0.3, -0.25) is 9.59 Å². The molecule has 1 aromatic rings. The van der Waals surface area contributed by atoms with Gasteiger partial charge in [-0.05, 0) is 37.1 Å². The lowest BCUT2D eigenvalue weighted by Gasteiger charge is -2.53. The van der Waals surface area contributed by atoms with E-state index < -0.39 is 11.3 Å². The van der Waals surface area contributed by atoms with Gasteiger partial charge in [0.2, 0.25) is 11.8 Å². The number of rotatable bonds is 5. The van der Waals surface area contributed by atoms with Gasteiger partial charge in [0.25, 0.3) is 0 Å². The first-order valence-electron chi connectivity index (χ1n) is 6.80. The highest BCUT2D eigenvalue weighted by atomic mass is 16.5. The summed E-state index contributed by atoms with van der Waals surface area (Å²) in [5.41, 5.74) is 5.20. The van der Waals surface area contributed by atoms with Crippen LogP contribution >= 0.6 is 0 Å². The van der Waals surface area contributed by atoms with Crippen molar-refractivity contribution in [3.63, 3.8) is 0 Å². The van der Waals surface area contributed by atoms with Crippen LogP contribution in [0, 0.1) is 5.41 Å². The lowest BCUT2D eigenvalue weighted by atomic mass is 9.72. The van der Waals surface area contributed by atoms with Crippen LogP contribution in [0.5, 0.6) is 5.75 Å². The minimum Gasteiger partial charge on any atom is -0.469 e. The molecule has 0 saturated carbocycles. The quantitative estimate of drug-likeness (QED) is 0.833. The SMILES string of the molecule is CCC1(CC)C(=O)N(C)C1Oc1ccc(C(N)=O)cc1. The number of carbonyl (C=O) groups excluding carboxylic acids is 2. The molecule has 1 aliphatic heterocycles. The van der Waals surface area contributed by atoms with E-state index in [1.807, 2.05) is 13.8 Å². The van der Waals surface area contributed by atoms with Crippen molar-refractivity contribution < 1.29 is 14.3 Å². The van der Waals surface area contributed by atoms with Gasteiger partial charge in [0.05, 0.1) is 0 Å². The number of primary amides is 1. The summed E-state index contributed by atoms with van der Waals surface area (Å²) in [6.07, 6.45) is 1.23. The van der Waals surface area contributed by atoms with E-state index >= 15 is 0 Å². The molecule has 1 heterocycles. The van der Waals surface area contributed by atoms with Gasteiger partial charge in [0.1, 0.15) is 11.2 Å². The summed E-state index contributed by atoms with van der Waals surface area (Å²) >= 11 is 0. The maximum absolute atomic E-state index is 12.1. The van der Waals surface area contributed by atoms with E-state index in [-0.39, 0.29) is 12.1 Å². The van der Waals surface area contributed by atoms with Gasteiger partial charge in [-0.15, -0.1) is 0 Å². The summed E-state index contributed by atoms with van der Waals surface area (Å²) in [6, 6.07) is 6.65. The van der Waals surface area contributed by atoms with Crippen LogP contribution in [0.4, 0.5) is 0 Å². The van der Waals surface area contributed by atoms with Gasteiger partial charge in [-0.25, -0.2) is 0 Å². The van der Waals surface area contributed by atoms with E-state index in [0.29, 0.717) is 11.3 Å². The van der Waals surface area contributed by atoms with Crippen LogP contribution in [-0.4, -0.2) is 30.0 Å². The molecule has 5 heteroatoms. The molecule has 1 unspecified atom stereocenters. The zero-order valence-electron chi connectivity index (χ0n) is 12.1. The summed E-state index contributed by atoms with van der Waals surface area (Å²) in [7, 11) is 1.74. The predicted molar refractivity (Wildman–Crippen MR) is 75.2 cm³/mol. The smallest absolute Gasteiger partial charge is 0.248 e. The lowest BCUT2D eigenvalue weighted by molar-refractivity contribution is -0.197. The molecule has 2 amide bonds. The Hall–Kier alpha value is -2.04. The van der Waals surface area contributed by atoms with Crippen LogP contribution < -0.4 is 10.5 Å². The first kappa shape index (κ1) is 14.4. The molecule has 2 rings (SSSR count). The molecule has 0 aliphatic carbocycles. The fourth-order valence-corrected chi connectivity index (χ4v) is 2.79. The number of benzene rings is 1. The minimum absolute atomic E-state index is 0.126. The number of nitrogens with zero attached hydrogens (tertiary/aromatic N) is 1. The molecule has 5 nitrogen and oxygen atoms in total. The second-order valence-electron chi connectivity index (χ2n) is 5.14. The zero-order chi connectivity index (χ0) is 14.9. The average molecular weight is 276 g/mol. The first-order valence-corrected chi connectivity index (χ1v) is 6.80. The molecule has 1 aliphatic rings. The van der Waals surface area contributed by atoms with Gasteiger partial charge in [0, 0.05) is 12.6 Å². The van der Waals surface area contributed by atoms with Gasteiger partial charge >= 0.3 is 0 Å². The average Bonchev–Trinajstić information content (AvgIpc) is 2.47. The van der Waals surface area contributed by atoms with Crippen molar-refractivity contribution >= 4 is 11.8 Å². The third-order valence-corrected chi connectivity index (χ3v) is 4.22. The monoisotopic (exact) mass is 276 g/mol. The maximum Gasteiger partial charge on any atom is 0.248 e. The van der Waals surface area contributed by atoms with Crippen LogP contribution in [0.15, 0.2) is 24.3 Å².